The van der Waals surface area contributed by atoms with Crippen molar-refractivity contribution >= 4 is 17.8 Å². The van der Waals surface area contributed by atoms with Crippen molar-refractivity contribution < 1.29 is 9.72 Å². The van der Waals surface area contributed by atoms with E-state index in [9.17, 15) is 14.9 Å². The number of nitro groups is 1. The molecule has 0 saturated carbocycles. The van der Waals surface area contributed by atoms with Crippen molar-refractivity contribution in [1.82, 2.24) is 15.2 Å². The fourth-order valence-corrected chi connectivity index (χ4v) is 1.44. The van der Waals surface area contributed by atoms with Crippen LogP contribution < -0.4 is 5.43 Å². The van der Waals surface area contributed by atoms with Gasteiger partial charge in [-0.05, 0) is 23.8 Å². The molecule has 0 bridgehead atoms. The van der Waals surface area contributed by atoms with Crippen molar-refractivity contribution in [3.8, 4) is 0 Å². The number of hydrogen-bond donors (Lipinski definition) is 1. The van der Waals surface area contributed by atoms with Gasteiger partial charge in [-0.1, -0.05) is 0 Å². The number of nitrogens with zero attached hydrogens (tertiary/aromatic N) is 4. The molecule has 8 heteroatoms. The highest BCUT2D eigenvalue weighted by molar-refractivity contribution is 5.93. The average Bonchev–Trinajstić information content (AvgIpc) is 2.86. The SMILES string of the molecule is Cn1ccc(C(=O)N/N=C/c2ccc([N+](=O)[O-])cc2)n1. The standard InChI is InChI=1S/C12H11N5O3/c1-16-7-6-11(15-16)12(18)14-13-8-9-2-4-10(5-3-9)17(19)20/h2-8H,1H3,(H,14,18)/b13-8+. The third-order valence-corrected chi connectivity index (χ3v) is 2.43. The molecule has 1 amide bonds. The molecule has 0 unspecified atom stereocenters. The van der Waals surface area contributed by atoms with Gasteiger partial charge in [-0.2, -0.15) is 10.2 Å². The third kappa shape index (κ3) is 3.25. The molecule has 2 aromatic rings. The largest absolute Gasteiger partial charge is 0.291 e. The van der Waals surface area contributed by atoms with E-state index in [2.05, 4.69) is 15.6 Å². The van der Waals surface area contributed by atoms with Gasteiger partial charge in [0.25, 0.3) is 11.6 Å². The van der Waals surface area contributed by atoms with Gasteiger partial charge in [-0.25, -0.2) is 5.43 Å². The number of aromatic nitrogens is 2. The van der Waals surface area contributed by atoms with Crippen molar-refractivity contribution in [3.63, 3.8) is 0 Å². The molecule has 1 N–H and O–H groups in total. The summed E-state index contributed by atoms with van der Waals surface area (Å²) >= 11 is 0. The molecule has 1 aromatic heterocycles. The van der Waals surface area contributed by atoms with Crippen molar-refractivity contribution in [2.75, 3.05) is 0 Å². The first-order chi connectivity index (χ1) is 9.56. The van der Waals surface area contributed by atoms with Crippen LogP contribution >= 0.6 is 0 Å². The predicted molar refractivity (Wildman–Crippen MR) is 71.4 cm³/mol. The number of carbonyl (C=O) groups excluding carboxylic acids is 1. The summed E-state index contributed by atoms with van der Waals surface area (Å²) in [5.74, 6) is -0.427. The first-order valence-corrected chi connectivity index (χ1v) is 5.64. The maximum atomic E-state index is 11.6. The van der Waals surface area contributed by atoms with E-state index in [1.165, 1.54) is 35.2 Å². The molecule has 0 aliphatic heterocycles. The normalized spacial score (nSPS) is 10.7. The summed E-state index contributed by atoms with van der Waals surface area (Å²) in [6.07, 6.45) is 3.04. The molecule has 0 atom stereocenters. The zero-order valence-electron chi connectivity index (χ0n) is 10.6. The molecule has 1 heterocycles. The van der Waals surface area contributed by atoms with Crippen molar-refractivity contribution in [2.24, 2.45) is 12.1 Å². The van der Waals surface area contributed by atoms with Crippen LogP contribution in [0.25, 0.3) is 0 Å². The Balaban J connectivity index is 1.96. The Kier molecular flexibility index (Phi) is 3.85. The molecular formula is C12H11N5O3. The van der Waals surface area contributed by atoms with Crippen LogP contribution in [0.5, 0.6) is 0 Å². The van der Waals surface area contributed by atoms with Crippen molar-refractivity contribution in [2.45, 2.75) is 0 Å². The minimum atomic E-state index is -0.482. The minimum absolute atomic E-state index is 0.000305. The first-order valence-electron chi connectivity index (χ1n) is 5.64. The molecule has 1 aromatic carbocycles. The Morgan fingerprint density at radius 2 is 2.10 bits per heavy atom. The number of benzene rings is 1. The maximum absolute atomic E-state index is 11.6. The molecule has 0 aliphatic rings. The highest BCUT2D eigenvalue weighted by atomic mass is 16.6. The monoisotopic (exact) mass is 273 g/mol. The lowest BCUT2D eigenvalue weighted by molar-refractivity contribution is -0.384. The van der Waals surface area contributed by atoms with E-state index in [4.69, 9.17) is 0 Å². The second-order valence-corrected chi connectivity index (χ2v) is 3.92. The number of nitro benzene ring substituents is 1. The molecule has 0 saturated heterocycles. The fraction of sp³-hybridized carbons (Fsp3) is 0.0833. The van der Waals surface area contributed by atoms with Crippen LogP contribution in [0.2, 0.25) is 0 Å². The van der Waals surface area contributed by atoms with Gasteiger partial charge in [-0.3, -0.25) is 19.6 Å². The molecule has 8 nitrogen and oxygen atoms in total. The van der Waals surface area contributed by atoms with Crippen LogP contribution in [-0.4, -0.2) is 26.8 Å². The maximum Gasteiger partial charge on any atom is 0.291 e. The Morgan fingerprint density at radius 3 is 2.65 bits per heavy atom. The number of hydrazone groups is 1. The molecule has 0 spiro atoms. The van der Waals surface area contributed by atoms with E-state index < -0.39 is 10.8 Å². The molecule has 0 radical (unpaired) electrons. The van der Waals surface area contributed by atoms with Crippen molar-refractivity contribution in [1.29, 1.82) is 0 Å². The van der Waals surface area contributed by atoms with Crippen LogP contribution in [0.15, 0.2) is 41.6 Å². The van der Waals surface area contributed by atoms with E-state index >= 15 is 0 Å². The second-order valence-electron chi connectivity index (χ2n) is 3.92. The van der Waals surface area contributed by atoms with E-state index in [0.29, 0.717) is 5.56 Å². The van der Waals surface area contributed by atoms with Crippen molar-refractivity contribution in [3.05, 3.63) is 57.9 Å². The van der Waals surface area contributed by atoms with Crippen LogP contribution in [0.4, 0.5) is 5.69 Å². The zero-order valence-corrected chi connectivity index (χ0v) is 10.6. The molecular weight excluding hydrogens is 262 g/mol. The smallest absolute Gasteiger partial charge is 0.275 e. The summed E-state index contributed by atoms with van der Waals surface area (Å²) in [6, 6.07) is 7.36. The highest BCUT2D eigenvalue weighted by Crippen LogP contribution is 2.10. The summed E-state index contributed by atoms with van der Waals surface area (Å²) in [5, 5.41) is 18.2. The van der Waals surface area contributed by atoms with Gasteiger partial charge in [0, 0.05) is 25.4 Å². The quantitative estimate of drug-likeness (QED) is 0.511. The number of aryl methyl sites for hydroxylation is 1. The topological polar surface area (TPSA) is 102 Å². The number of amides is 1. The molecule has 2 rings (SSSR count). The summed E-state index contributed by atoms with van der Waals surface area (Å²) in [6.45, 7) is 0. The van der Waals surface area contributed by atoms with Gasteiger partial charge >= 0.3 is 0 Å². The number of hydrogen-bond acceptors (Lipinski definition) is 5. The minimum Gasteiger partial charge on any atom is -0.275 e. The lowest BCUT2D eigenvalue weighted by Gasteiger charge is -1.96. The number of non-ortho nitro benzene ring substituents is 1. The van der Waals surface area contributed by atoms with Crippen LogP contribution in [0, 0.1) is 10.1 Å². The summed E-state index contributed by atoms with van der Waals surface area (Å²) in [7, 11) is 1.71. The van der Waals surface area contributed by atoms with E-state index in [1.54, 1.807) is 19.3 Å². The summed E-state index contributed by atoms with van der Waals surface area (Å²) in [4.78, 5) is 21.6. The van der Waals surface area contributed by atoms with Gasteiger partial charge in [-0.15, -0.1) is 0 Å². The third-order valence-electron chi connectivity index (χ3n) is 2.43. The summed E-state index contributed by atoms with van der Waals surface area (Å²) < 4.78 is 1.51. The van der Waals surface area contributed by atoms with Crippen LogP contribution in [0.3, 0.4) is 0 Å². The van der Waals surface area contributed by atoms with E-state index in [1.807, 2.05) is 0 Å². The van der Waals surface area contributed by atoms with Crippen LogP contribution in [-0.2, 0) is 7.05 Å². The van der Waals surface area contributed by atoms with Gasteiger partial charge in [0.15, 0.2) is 5.69 Å². The van der Waals surface area contributed by atoms with Gasteiger partial charge in [0.05, 0.1) is 11.1 Å². The lowest BCUT2D eigenvalue weighted by atomic mass is 10.2. The molecule has 0 aliphatic carbocycles. The number of rotatable bonds is 4. The fourth-order valence-electron chi connectivity index (χ4n) is 1.44. The zero-order chi connectivity index (χ0) is 14.5. The predicted octanol–water partition coefficient (Wildman–Crippen LogP) is 1.09. The molecule has 102 valence electrons. The van der Waals surface area contributed by atoms with Crippen LogP contribution in [0.1, 0.15) is 16.1 Å². The Morgan fingerprint density at radius 1 is 1.40 bits per heavy atom. The van der Waals surface area contributed by atoms with E-state index in [-0.39, 0.29) is 11.4 Å². The Labute approximate surface area is 113 Å². The van der Waals surface area contributed by atoms with E-state index in [0.717, 1.165) is 0 Å². The highest BCUT2D eigenvalue weighted by Gasteiger charge is 2.06. The summed E-state index contributed by atoms with van der Waals surface area (Å²) in [5.41, 5.74) is 3.21. The van der Waals surface area contributed by atoms with Gasteiger partial charge in [0.1, 0.15) is 0 Å². The lowest BCUT2D eigenvalue weighted by Crippen LogP contribution is -2.18. The molecule has 0 fully saturated rings. The second kappa shape index (κ2) is 5.74. The Bertz CT molecular complexity index is 660. The number of carbonyl (C=O) groups is 1. The first kappa shape index (κ1) is 13.4. The van der Waals surface area contributed by atoms with Gasteiger partial charge < -0.3 is 0 Å². The molecule has 20 heavy (non-hydrogen) atoms. The van der Waals surface area contributed by atoms with Gasteiger partial charge in [0.2, 0.25) is 0 Å². The Hall–Kier alpha value is -3.03. The number of nitrogens with one attached hydrogen (secondary N) is 1. The average molecular weight is 273 g/mol.